The lowest BCUT2D eigenvalue weighted by Gasteiger charge is -2.34. The number of allylic oxidation sites excluding steroid dienone is 8. The van der Waals surface area contributed by atoms with Gasteiger partial charge in [0.05, 0.1) is 0 Å². The van der Waals surface area contributed by atoms with Crippen LogP contribution in [-0.2, 0) is 34.6 Å². The van der Waals surface area contributed by atoms with Crippen molar-refractivity contribution >= 4 is 138 Å². The second-order valence-corrected chi connectivity index (χ2v) is 29.4. The highest BCUT2D eigenvalue weighted by Gasteiger charge is 2.44. The summed E-state index contributed by atoms with van der Waals surface area (Å²) in [6, 6.07) is 72.1. The first-order valence-electron chi connectivity index (χ1n) is 44.0. The number of aromatic nitrogens is 4. The summed E-state index contributed by atoms with van der Waals surface area (Å²) in [6.45, 7) is 9.88. The molecule has 8 nitrogen and oxygen atoms in total. The van der Waals surface area contributed by atoms with E-state index in [4.69, 9.17) is 20.6 Å². The summed E-state index contributed by atoms with van der Waals surface area (Å²) in [6.07, 6.45) is -1.54. The molecule has 0 aliphatic carbocycles. The summed E-state index contributed by atoms with van der Waals surface area (Å²) in [5, 5.41) is 4.35. The van der Waals surface area contributed by atoms with Crippen LogP contribution in [0.4, 0.5) is 22.7 Å². The molecule has 12 heteroatoms. The molecular formula is C93H106B4N8+4. The highest BCUT2D eigenvalue weighted by Crippen LogP contribution is 2.40. The molecule has 4 aliphatic heterocycles. The van der Waals surface area contributed by atoms with Crippen LogP contribution < -0.4 is 59.9 Å². The molecule has 16 rings (SSSR count). The van der Waals surface area contributed by atoms with Crippen LogP contribution in [0.2, 0.25) is 0 Å². The van der Waals surface area contributed by atoms with E-state index in [-0.39, 0.29) is 33.3 Å². The second-order valence-electron chi connectivity index (χ2n) is 29.4. The Labute approximate surface area is 649 Å². The first-order valence-corrected chi connectivity index (χ1v) is 36.5. The second kappa shape index (κ2) is 29.8. The van der Waals surface area contributed by atoms with E-state index in [1.54, 1.807) is 0 Å². The van der Waals surface area contributed by atoms with Crippen LogP contribution >= 0.6 is 0 Å². The van der Waals surface area contributed by atoms with Crippen LogP contribution in [0.1, 0.15) is 154 Å². The van der Waals surface area contributed by atoms with Gasteiger partial charge >= 0.3 is 27.4 Å². The number of hydrogen-bond acceptors (Lipinski definition) is 4. The van der Waals surface area contributed by atoms with Crippen LogP contribution in [-0.4, -0.2) is 55.6 Å². The Morgan fingerprint density at radius 2 is 0.657 bits per heavy atom. The monoisotopic (exact) mass is 1390 g/mol. The van der Waals surface area contributed by atoms with E-state index >= 15 is 0 Å². The fourth-order valence-corrected chi connectivity index (χ4v) is 16.8. The minimum absolute atomic E-state index is 0.139. The predicted molar refractivity (Wildman–Crippen MR) is 457 cm³/mol. The highest BCUT2D eigenvalue weighted by atomic mass is 15.1. The van der Waals surface area contributed by atoms with Gasteiger partial charge in [0, 0.05) is 107 Å². The third-order valence-corrected chi connectivity index (χ3v) is 22.5. The van der Waals surface area contributed by atoms with E-state index in [0.29, 0.717) is 27.9 Å². The van der Waals surface area contributed by atoms with Crippen molar-refractivity contribution < 1.29 is 38.8 Å². The van der Waals surface area contributed by atoms with E-state index < -0.39 is 39.7 Å². The molecule has 12 aromatic rings. The van der Waals surface area contributed by atoms with Crippen LogP contribution in [0, 0.1) is 19.8 Å². The normalized spacial score (nSPS) is 17.1. The number of pyridine rings is 4. The molecule has 8 aromatic carbocycles. The zero-order valence-corrected chi connectivity index (χ0v) is 64.2. The molecule has 4 aliphatic rings. The maximum Gasteiger partial charge on any atom is 0.399 e. The molecule has 0 atom stereocenters. The number of fused-ring (bicyclic) bond motifs is 8. The topological polar surface area (TPSA) is 28.5 Å². The molecule has 0 spiro atoms. The number of rotatable bonds is 7. The van der Waals surface area contributed by atoms with Gasteiger partial charge in [0.2, 0.25) is 22.1 Å². The maximum atomic E-state index is 8.88. The third kappa shape index (κ3) is 13.1. The van der Waals surface area contributed by atoms with E-state index in [1.165, 1.54) is 21.9 Å². The van der Waals surface area contributed by atoms with Gasteiger partial charge in [0.25, 0.3) is 0 Å². The Kier molecular flexibility index (Phi) is 15.9. The highest BCUT2D eigenvalue weighted by molar-refractivity contribution is 6.85. The first kappa shape index (κ1) is 56.2. The molecule has 0 saturated heterocycles. The summed E-state index contributed by atoms with van der Waals surface area (Å²) < 4.78 is 134. The van der Waals surface area contributed by atoms with Crippen LogP contribution in [0.3, 0.4) is 0 Å². The van der Waals surface area contributed by atoms with E-state index in [0.717, 1.165) is 128 Å². The van der Waals surface area contributed by atoms with Crippen molar-refractivity contribution in [1.29, 1.82) is 0 Å². The summed E-state index contributed by atoms with van der Waals surface area (Å²) in [7, 11) is 16.2. The molecular weight excluding hydrogens is 1270 g/mol. The first-order chi connectivity index (χ1) is 56.2. The Morgan fingerprint density at radius 1 is 0.343 bits per heavy atom. The SMILES string of the molecule is [2H]C([2H])([2H])C1=C(C)B(c2cc(C([2H])(C)C)c3ccccc3[n+]2C)N(C)c2ccccc21.[2H]C([2H])([2H])C1=C(C)B(c2cc(C([2H])([2H])C(C)C)c3ccccc3[n+]2C)N(C)c2ccccc21.[2H]C([2H])([2H])C1=C(C)B(c2cc(C)c3ccccc3[n+]2C)N(C)c2ccccc21.[2H]C([2H])([2H])C1=C(C)B(c2ccc3c(C)cccc3[n+]2C)N(C)c2ccccc21. The average Bonchev–Trinajstić information content (AvgIpc) is 0.733. The zero-order valence-electron chi connectivity index (χ0n) is 79.2. The smallest absolute Gasteiger partial charge is 0.399 e. The van der Waals surface area contributed by atoms with Gasteiger partial charge in [-0.25, -0.2) is 18.3 Å². The summed E-state index contributed by atoms with van der Waals surface area (Å²) in [5.41, 5.74) is 24.1. The lowest BCUT2D eigenvalue weighted by molar-refractivity contribution is -0.627. The number of aryl methyl sites for hydroxylation is 6. The van der Waals surface area contributed by atoms with Gasteiger partial charge in [-0.1, -0.05) is 171 Å². The van der Waals surface area contributed by atoms with Crippen molar-refractivity contribution in [3.05, 3.63) is 285 Å². The molecule has 0 N–H and O–H groups in total. The van der Waals surface area contributed by atoms with Gasteiger partial charge in [0.1, 0.15) is 28.2 Å². The number of nitrogens with zero attached hydrogens (tertiary/aromatic N) is 8. The molecule has 0 saturated carbocycles. The molecule has 526 valence electrons. The van der Waals surface area contributed by atoms with Crippen molar-refractivity contribution in [1.82, 2.24) is 0 Å². The number of benzene rings is 8. The quantitative estimate of drug-likeness (QED) is 0.117. The maximum absolute atomic E-state index is 8.88. The van der Waals surface area contributed by atoms with Crippen molar-refractivity contribution in [2.45, 2.75) is 109 Å². The number of hydrogen-bond donors (Lipinski definition) is 0. The zero-order chi connectivity index (χ0) is 87.4. The van der Waals surface area contributed by atoms with Crippen LogP contribution in [0.25, 0.3) is 65.9 Å². The largest absolute Gasteiger partial charge is 0.404 e. The predicted octanol–water partition coefficient (Wildman–Crippen LogP) is 16.3. The number of anilines is 4. The molecule has 4 aromatic heterocycles. The molecule has 0 radical (unpaired) electrons. The van der Waals surface area contributed by atoms with Gasteiger partial charge < -0.3 is 19.2 Å². The van der Waals surface area contributed by atoms with Gasteiger partial charge in [-0.15, -0.1) is 0 Å². The molecule has 0 unspecified atom stereocenters. The Bertz CT molecular complexity index is 6180. The Balaban J connectivity index is 0.000000139. The van der Waals surface area contributed by atoms with E-state index in [9.17, 15) is 0 Å². The van der Waals surface area contributed by atoms with Crippen LogP contribution in [0.5, 0.6) is 0 Å². The van der Waals surface area contributed by atoms with Crippen molar-refractivity contribution in [3.63, 3.8) is 0 Å². The van der Waals surface area contributed by atoms with Gasteiger partial charge in [0.15, 0.2) is 22.4 Å². The minimum atomic E-state index is -2.26. The van der Waals surface area contributed by atoms with Crippen molar-refractivity contribution in [2.75, 3.05) is 47.4 Å². The number of para-hydroxylation sites is 7. The fourth-order valence-electron chi connectivity index (χ4n) is 16.8. The summed E-state index contributed by atoms with van der Waals surface area (Å²) >= 11 is 0. The summed E-state index contributed by atoms with van der Waals surface area (Å²) in [4.78, 5) is 8.66. The average molecular weight is 1390 g/mol. The van der Waals surface area contributed by atoms with Crippen LogP contribution in [0.15, 0.2) is 240 Å². The molecule has 0 fully saturated rings. The fraction of sp³-hybridized carbons (Fsp3) is 0.269. The summed E-state index contributed by atoms with van der Waals surface area (Å²) in [5.74, 6) is -1.01. The third-order valence-electron chi connectivity index (χ3n) is 22.5. The lowest BCUT2D eigenvalue weighted by atomic mass is 9.47. The van der Waals surface area contributed by atoms with Crippen molar-refractivity contribution in [3.8, 4) is 0 Å². The standard InChI is InChI=1S/C25H30BN2.C24H28BN2.2C22H24BN2/c1-17(2)15-20-16-25(27(5)23-13-9-8-12-22(20)23)26-19(4)18(3)21-11-7-10-14-24(21)28(26)6;1-16(2)21-15-24(26(5)22-13-9-8-12-20(21)22)25-18(4)17(3)19-11-7-10-14-23(19)27(25)6;1-15-14-22(24(4)20-12-8-6-10-18(15)20)23-17(3)16(2)19-11-7-9-13-21(19)25(23)5;1-15-9-8-12-20-18(15)13-14-22(24(20)4)23-17(3)16(2)19-10-6-7-11-21(19)25(23)5/h7-14,16-17H,15H2,1-6H3;7-16H,1-6H3;2*6-14H,1-5H3/q4*+1/i3D3,15D2;3D3,16D;2*2D3. The van der Waals surface area contributed by atoms with Gasteiger partial charge in [-0.05, 0) is 237 Å². The molecule has 8 heterocycles. The minimum Gasteiger partial charge on any atom is -0.404 e. The Morgan fingerprint density at radius 3 is 1.07 bits per heavy atom. The van der Waals surface area contributed by atoms with E-state index in [1.807, 2.05) is 243 Å². The van der Waals surface area contributed by atoms with E-state index in [2.05, 4.69) is 138 Å². The molecule has 0 bridgehead atoms. The molecule has 0 amide bonds. The Hall–Kier alpha value is -10.2. The molecule has 105 heavy (non-hydrogen) atoms. The van der Waals surface area contributed by atoms with Gasteiger partial charge in [-0.2, -0.15) is 0 Å². The van der Waals surface area contributed by atoms with Gasteiger partial charge in [-0.3, -0.25) is 0 Å². The lowest BCUT2D eigenvalue weighted by Crippen LogP contribution is -2.62. The van der Waals surface area contributed by atoms with Crippen molar-refractivity contribution in [2.24, 2.45) is 34.1 Å².